The molecule has 1 aliphatic heterocycles. The highest BCUT2D eigenvalue weighted by Crippen LogP contribution is 2.30. The number of urea groups is 1. The van der Waals surface area contributed by atoms with Crippen molar-refractivity contribution in [2.24, 2.45) is 0 Å². The van der Waals surface area contributed by atoms with Gasteiger partial charge in [0, 0.05) is 23.6 Å². The first-order valence-corrected chi connectivity index (χ1v) is 6.87. The molecule has 1 heterocycles. The van der Waals surface area contributed by atoms with E-state index in [1.54, 1.807) is 16.7 Å². The minimum atomic E-state index is -1.23. The Kier molecular flexibility index (Phi) is 5.28. The fourth-order valence-electron chi connectivity index (χ4n) is 1.65. The maximum Gasteiger partial charge on any atom is 0.328 e. The van der Waals surface area contributed by atoms with Crippen LogP contribution in [0.5, 0.6) is 0 Å². The number of aliphatic hydroxyl groups excluding tert-OH is 1. The molecule has 0 unspecified atom stereocenters. The third kappa shape index (κ3) is 4.38. The lowest BCUT2D eigenvalue weighted by molar-refractivity contribution is -0.140. The smallest absolute Gasteiger partial charge is 0.328 e. The van der Waals surface area contributed by atoms with E-state index in [9.17, 15) is 9.59 Å². The van der Waals surface area contributed by atoms with Crippen LogP contribution >= 0.6 is 11.8 Å². The summed E-state index contributed by atoms with van der Waals surface area (Å²) in [4.78, 5) is 24.2. The lowest BCUT2D eigenvalue weighted by atomic mass is 10.1. The summed E-state index contributed by atoms with van der Waals surface area (Å²) in [6, 6.07) is -1.66. The van der Waals surface area contributed by atoms with Gasteiger partial charge in [0.25, 0.3) is 0 Å². The van der Waals surface area contributed by atoms with Gasteiger partial charge in [0.2, 0.25) is 0 Å². The summed E-state index contributed by atoms with van der Waals surface area (Å²) in [6.07, 6.45) is 0.863. The van der Waals surface area contributed by atoms with Gasteiger partial charge in [-0.2, -0.15) is 11.8 Å². The van der Waals surface area contributed by atoms with Crippen molar-refractivity contribution >= 4 is 23.8 Å². The van der Waals surface area contributed by atoms with Crippen LogP contribution in [0.2, 0.25) is 0 Å². The number of aliphatic hydroxyl groups is 1. The zero-order valence-electron chi connectivity index (χ0n) is 10.7. The van der Waals surface area contributed by atoms with Crippen molar-refractivity contribution in [1.29, 1.82) is 0 Å². The summed E-state index contributed by atoms with van der Waals surface area (Å²) in [5.41, 5.74) is 0. The van der Waals surface area contributed by atoms with Crippen LogP contribution in [-0.4, -0.2) is 63.4 Å². The molecule has 1 saturated heterocycles. The minimum absolute atomic E-state index is 0.137. The number of nitrogens with zero attached hydrogens (tertiary/aromatic N) is 1. The van der Waals surface area contributed by atoms with Gasteiger partial charge in [0.1, 0.15) is 0 Å². The predicted molar refractivity (Wildman–Crippen MR) is 69.8 cm³/mol. The largest absolute Gasteiger partial charge is 0.480 e. The summed E-state index contributed by atoms with van der Waals surface area (Å²) < 4.78 is 0.137. The van der Waals surface area contributed by atoms with E-state index in [1.807, 2.05) is 0 Å². The van der Waals surface area contributed by atoms with E-state index >= 15 is 0 Å². The average molecular weight is 276 g/mol. The summed E-state index contributed by atoms with van der Waals surface area (Å²) >= 11 is 1.81. The molecule has 1 fully saturated rings. The first-order chi connectivity index (χ1) is 8.35. The summed E-state index contributed by atoms with van der Waals surface area (Å²) in [6.45, 7) is 4.86. The highest BCUT2D eigenvalue weighted by Gasteiger charge is 2.28. The van der Waals surface area contributed by atoms with E-state index in [4.69, 9.17) is 10.2 Å². The number of amides is 2. The van der Waals surface area contributed by atoms with Gasteiger partial charge in [0.15, 0.2) is 6.04 Å². The summed E-state index contributed by atoms with van der Waals surface area (Å²) in [5.74, 6) is -0.396. The maximum atomic E-state index is 11.9. The molecule has 3 N–H and O–H groups in total. The van der Waals surface area contributed by atoms with Crippen LogP contribution < -0.4 is 5.32 Å². The number of hydrogen-bond donors (Lipinski definition) is 3. The standard InChI is InChI=1S/C11H20N2O4S/c1-11(2)3-4-13(5-6-18-11)10(17)12-8(7-14)9(15)16/h8,14H,3-7H2,1-2H3,(H,12,17)(H,15,16)/t8-/m0/s1. The van der Waals surface area contributed by atoms with Gasteiger partial charge in [-0.15, -0.1) is 0 Å². The molecule has 1 rings (SSSR count). The van der Waals surface area contributed by atoms with E-state index in [0.29, 0.717) is 13.1 Å². The van der Waals surface area contributed by atoms with Gasteiger partial charge >= 0.3 is 12.0 Å². The van der Waals surface area contributed by atoms with Crippen LogP contribution in [-0.2, 0) is 4.79 Å². The summed E-state index contributed by atoms with van der Waals surface area (Å²) in [7, 11) is 0. The zero-order chi connectivity index (χ0) is 13.8. The van der Waals surface area contributed by atoms with E-state index in [2.05, 4.69) is 19.2 Å². The van der Waals surface area contributed by atoms with E-state index < -0.39 is 24.6 Å². The number of hydrogen-bond acceptors (Lipinski definition) is 4. The molecule has 2 amide bonds. The third-order valence-corrected chi connectivity index (χ3v) is 4.28. The molecule has 0 aromatic heterocycles. The number of carbonyl (C=O) groups excluding carboxylic acids is 1. The Morgan fingerprint density at radius 2 is 2.11 bits per heavy atom. The lowest BCUT2D eigenvalue weighted by Crippen LogP contribution is -2.50. The number of carboxylic acid groups (broad SMARTS) is 1. The van der Waals surface area contributed by atoms with Crippen molar-refractivity contribution in [3.63, 3.8) is 0 Å². The Hall–Kier alpha value is -0.950. The number of rotatable bonds is 3. The number of aliphatic carboxylic acids is 1. The molecule has 0 spiro atoms. The van der Waals surface area contributed by atoms with Crippen LogP contribution in [0.15, 0.2) is 0 Å². The Bertz CT molecular complexity index is 322. The average Bonchev–Trinajstić information content (AvgIpc) is 2.46. The quantitative estimate of drug-likeness (QED) is 0.692. The second kappa shape index (κ2) is 6.29. The first-order valence-electron chi connectivity index (χ1n) is 5.89. The normalized spacial score (nSPS) is 20.9. The van der Waals surface area contributed by atoms with Crippen LogP contribution in [0.25, 0.3) is 0 Å². The zero-order valence-corrected chi connectivity index (χ0v) is 11.5. The first kappa shape index (κ1) is 15.1. The molecular formula is C11H20N2O4S. The predicted octanol–water partition coefficient (Wildman–Crippen LogP) is 0.359. The van der Waals surface area contributed by atoms with Gasteiger partial charge in [-0.3, -0.25) is 0 Å². The molecule has 104 valence electrons. The van der Waals surface area contributed by atoms with Crippen molar-refractivity contribution in [2.45, 2.75) is 31.1 Å². The third-order valence-electron chi connectivity index (χ3n) is 2.90. The monoisotopic (exact) mass is 276 g/mol. The summed E-state index contributed by atoms with van der Waals surface area (Å²) in [5, 5.41) is 19.9. The SMILES string of the molecule is CC1(C)CCN(C(=O)N[C@@H](CO)C(=O)O)CCS1. The molecule has 0 aromatic carbocycles. The molecule has 0 aliphatic carbocycles. The van der Waals surface area contributed by atoms with Crippen LogP contribution in [0.3, 0.4) is 0 Å². The van der Waals surface area contributed by atoms with Gasteiger partial charge in [-0.1, -0.05) is 13.8 Å². The van der Waals surface area contributed by atoms with Crippen LogP contribution in [0.1, 0.15) is 20.3 Å². The van der Waals surface area contributed by atoms with Gasteiger partial charge in [-0.25, -0.2) is 9.59 Å². The minimum Gasteiger partial charge on any atom is -0.480 e. The van der Waals surface area contributed by atoms with E-state index in [0.717, 1.165) is 12.2 Å². The Morgan fingerprint density at radius 1 is 1.44 bits per heavy atom. The van der Waals surface area contributed by atoms with E-state index in [-0.39, 0.29) is 4.75 Å². The fourth-order valence-corrected chi connectivity index (χ4v) is 2.75. The Labute approximate surface area is 111 Å². The molecular weight excluding hydrogens is 256 g/mol. The number of nitrogens with one attached hydrogen (secondary N) is 1. The van der Waals surface area contributed by atoms with Crippen molar-refractivity contribution in [1.82, 2.24) is 10.2 Å². The Morgan fingerprint density at radius 3 is 2.67 bits per heavy atom. The van der Waals surface area contributed by atoms with Crippen molar-refractivity contribution in [3.05, 3.63) is 0 Å². The molecule has 1 aliphatic rings. The van der Waals surface area contributed by atoms with Crippen LogP contribution in [0, 0.1) is 0 Å². The van der Waals surface area contributed by atoms with E-state index in [1.165, 1.54) is 0 Å². The molecule has 7 heteroatoms. The topological polar surface area (TPSA) is 89.9 Å². The molecule has 0 saturated carbocycles. The van der Waals surface area contributed by atoms with Gasteiger partial charge in [0.05, 0.1) is 6.61 Å². The van der Waals surface area contributed by atoms with Crippen molar-refractivity contribution in [2.75, 3.05) is 25.4 Å². The highest BCUT2D eigenvalue weighted by molar-refractivity contribution is 8.00. The number of thioether (sulfide) groups is 1. The molecule has 0 aromatic rings. The van der Waals surface area contributed by atoms with Gasteiger partial charge in [-0.05, 0) is 6.42 Å². The molecule has 0 radical (unpaired) electrons. The second-order valence-corrected chi connectivity index (χ2v) is 6.67. The molecule has 0 bridgehead atoms. The number of carboxylic acids is 1. The second-order valence-electron chi connectivity index (χ2n) is 4.87. The molecule has 6 nitrogen and oxygen atoms in total. The Balaban J connectivity index is 2.54. The van der Waals surface area contributed by atoms with Crippen molar-refractivity contribution < 1.29 is 19.8 Å². The highest BCUT2D eigenvalue weighted by atomic mass is 32.2. The molecule has 18 heavy (non-hydrogen) atoms. The lowest BCUT2D eigenvalue weighted by Gasteiger charge is -2.24. The number of carbonyl (C=O) groups is 2. The molecule has 1 atom stereocenters. The maximum absolute atomic E-state index is 11.9. The van der Waals surface area contributed by atoms with Crippen LogP contribution in [0.4, 0.5) is 4.79 Å². The fraction of sp³-hybridized carbons (Fsp3) is 0.818. The van der Waals surface area contributed by atoms with Crippen molar-refractivity contribution in [3.8, 4) is 0 Å². The van der Waals surface area contributed by atoms with Gasteiger partial charge < -0.3 is 20.4 Å².